The van der Waals surface area contributed by atoms with Crippen LogP contribution in [0.5, 0.6) is 0 Å². The van der Waals surface area contributed by atoms with Gasteiger partial charge >= 0.3 is 146 Å². The topological polar surface area (TPSA) is 138 Å². The molecule has 0 aromatic heterocycles. The predicted molar refractivity (Wildman–Crippen MR) is 186 cm³/mol. The van der Waals surface area contributed by atoms with Crippen LogP contribution in [-0.2, 0) is 0 Å². The van der Waals surface area contributed by atoms with E-state index in [0.29, 0.717) is 0 Å². The average Bonchev–Trinajstić information content (AvgIpc) is 3.18. The Hall–Kier alpha value is -0.855. The van der Waals surface area contributed by atoms with Crippen molar-refractivity contribution in [2.24, 2.45) is 0 Å². The first-order valence-electron chi connectivity index (χ1n) is 17.7. The largest absolute Gasteiger partial charge is 3.00 e. The fourth-order valence-electron chi connectivity index (χ4n) is 2.98. The van der Waals surface area contributed by atoms with Crippen molar-refractivity contribution >= 4 is 110 Å². The summed E-state index contributed by atoms with van der Waals surface area (Å²) < 4.78 is 611. The first-order valence-corrected chi connectivity index (χ1v) is 23.1. The van der Waals surface area contributed by atoms with Crippen molar-refractivity contribution in [3.8, 4) is 0 Å². The standard InChI is InChI=1S/6C4F9O.C2H2Cl6P.2Al.FH/c6*5-2(6,7)1(14,3(8,9)10)4(11,12)13;3-1(4)9(7,8)2(5)6;;;/h;;;;;;1-2H;;;1H/q6*-1;+1;2*+3;/p-1. The molecule has 0 atom stereocenters. The summed E-state index contributed by atoms with van der Waals surface area (Å²) in [6.45, 7) is 0. The zero-order valence-corrected chi connectivity index (χ0v) is 48.0. The molecule has 0 fully saturated rings. The van der Waals surface area contributed by atoms with Crippen LogP contribution in [-0.4, -0.2) is 189 Å². The zero-order valence-electron chi connectivity index (χ0n) is 40.3. The van der Waals surface area contributed by atoms with Crippen molar-refractivity contribution in [3.05, 3.63) is 0 Å². The Morgan fingerprint density at radius 3 is 0.208 bits per heavy atom. The summed E-state index contributed by atoms with van der Waals surface area (Å²) in [5.74, 6) is -2.58. The molecule has 0 unspecified atom stereocenters. The molecule has 0 saturated heterocycles. The van der Waals surface area contributed by atoms with Crippen molar-refractivity contribution in [1.82, 2.24) is 0 Å². The van der Waals surface area contributed by atoms with Gasteiger partial charge in [0.25, 0.3) is 5.97 Å². The third-order valence-corrected chi connectivity index (χ3v) is 17.2. The molecular weight excluding hydrogens is 1750 g/mol. The molecule has 6 nitrogen and oxygen atoms in total. The number of hydrogen-bond donors (Lipinski definition) is 0. The van der Waals surface area contributed by atoms with Crippen LogP contribution in [0.2, 0.25) is 0 Å². The third kappa shape index (κ3) is 26.4. The maximum absolute atomic E-state index is 11.3. The first kappa shape index (κ1) is 116. The van der Waals surface area contributed by atoms with Gasteiger partial charge < -0.3 is 35.3 Å². The normalized spacial score (nSPS) is 15.1. The van der Waals surface area contributed by atoms with E-state index in [1.54, 1.807) is 0 Å². The summed E-state index contributed by atoms with van der Waals surface area (Å²) in [4.78, 5) is 0. The SMILES string of the molecule is ClC(Cl)[P+](Cl)(Cl)C(Cl)Cl.[Al+3].[Al+3].[F-].[O-]C(C(F)(F)F)(C(F)(F)F)C(F)(F)F.[O-]C(C(F)(F)F)(C(F)(F)F)C(F)(F)F.[O-]C(C(F)(F)F)(C(F)(F)F)C(F)(F)F.[O-]C(C(F)(F)F)(C(F)(F)F)C(F)(F)F.[O-]C(C(F)(F)F)(C(F)(F)F)C(F)(F)F.[O-]C(C(F)(F)F)(C(F)(F)F)C(F)(F)F. The molecule has 580 valence electrons. The molecule has 0 radical (unpaired) electrons. The summed E-state index contributed by atoms with van der Waals surface area (Å²) >= 11 is 32.5. The van der Waals surface area contributed by atoms with Gasteiger partial charge in [-0.1, -0.05) is 46.4 Å². The zero-order chi connectivity index (χ0) is 79.7. The van der Waals surface area contributed by atoms with Gasteiger partial charge in [0.05, 0.1) is 0 Å². The van der Waals surface area contributed by atoms with Gasteiger partial charge in [-0.3, -0.25) is 0 Å². The molecule has 0 N–H and O–H groups in total. The van der Waals surface area contributed by atoms with Crippen LogP contribution in [0.15, 0.2) is 0 Å². The van der Waals surface area contributed by atoms with Gasteiger partial charge in [0.1, 0.15) is 22.5 Å². The van der Waals surface area contributed by atoms with E-state index in [4.69, 9.17) is 68.9 Å². The van der Waals surface area contributed by atoms with Crippen LogP contribution in [0.3, 0.4) is 0 Å². The second kappa shape index (κ2) is 33.9. The Kier molecular flexibility index (Phi) is 41.1. The van der Waals surface area contributed by atoms with E-state index < -0.39 is 160 Å². The van der Waals surface area contributed by atoms with Crippen molar-refractivity contribution in [2.75, 3.05) is 0 Å². The Morgan fingerprint density at radius 2 is 0.208 bits per heavy atom. The summed E-state index contributed by atoms with van der Waals surface area (Å²) in [5.41, 5.74) is -41.6. The molecule has 0 aromatic rings. The molecule has 0 amide bonds. The molecule has 96 heavy (non-hydrogen) atoms. The monoisotopic (exact) mass is 1750 g/mol. The molecular formula is C26H2Al2Cl6F55O6P. The molecule has 0 aliphatic rings. The maximum atomic E-state index is 11.3. The van der Waals surface area contributed by atoms with Crippen LogP contribution in [0.25, 0.3) is 0 Å². The van der Waals surface area contributed by atoms with Crippen LogP contribution >= 0.6 is 74.9 Å². The molecule has 70 heteroatoms. The second-order valence-corrected chi connectivity index (χ2v) is 23.7. The van der Waals surface area contributed by atoms with Crippen molar-refractivity contribution in [1.29, 1.82) is 0 Å². The Balaban J connectivity index is -0.000000112. The average molecular weight is 1750 g/mol. The molecule has 0 aromatic carbocycles. The van der Waals surface area contributed by atoms with Gasteiger partial charge in [0, 0.05) is 0 Å². The van der Waals surface area contributed by atoms with Gasteiger partial charge in [0.2, 0.25) is 9.15 Å². The Labute approximate surface area is 535 Å². The first-order chi connectivity index (χ1) is 38.4. The van der Waals surface area contributed by atoms with Crippen LogP contribution < -0.4 is 35.3 Å². The summed E-state index contributed by atoms with van der Waals surface area (Å²) in [7, 11) is 0. The number of rotatable bonds is 2. The minimum absolute atomic E-state index is 0. The van der Waals surface area contributed by atoms with Gasteiger partial charge in [-0.05, 0) is 0 Å². The Bertz CT molecular complexity index is 1640. The summed E-state index contributed by atoms with van der Waals surface area (Å²) in [6, 6.07) is 0. The van der Waals surface area contributed by atoms with E-state index in [2.05, 4.69) is 0 Å². The quantitative estimate of drug-likeness (QED) is 0.117. The van der Waals surface area contributed by atoms with E-state index in [-0.39, 0.29) is 39.4 Å². The fourth-order valence-corrected chi connectivity index (χ4v) is 5.19. The van der Waals surface area contributed by atoms with E-state index in [9.17, 15) is 268 Å². The fraction of sp³-hybridized carbons (Fsp3) is 1.00. The van der Waals surface area contributed by atoms with Crippen LogP contribution in [0, 0.1) is 0 Å². The minimum atomic E-state index is -6.98. The molecule has 0 spiro atoms. The van der Waals surface area contributed by atoms with Crippen molar-refractivity contribution < 1.29 is 272 Å². The molecule has 0 heterocycles. The number of alkyl halides is 58. The van der Waals surface area contributed by atoms with Crippen molar-refractivity contribution in [2.45, 2.75) is 154 Å². The van der Waals surface area contributed by atoms with Gasteiger partial charge in [-0.25, -0.2) is 0 Å². The van der Waals surface area contributed by atoms with Crippen LogP contribution in [0.1, 0.15) is 0 Å². The van der Waals surface area contributed by atoms with E-state index >= 15 is 0 Å². The minimum Gasteiger partial charge on any atom is -1.00 e. The second-order valence-electron chi connectivity index (χ2n) is 14.2. The molecule has 0 rings (SSSR count). The van der Waals surface area contributed by atoms with Crippen LogP contribution in [0.4, 0.5) is 237 Å². The molecule has 0 aliphatic heterocycles. The van der Waals surface area contributed by atoms with E-state index in [0.717, 1.165) is 0 Å². The van der Waals surface area contributed by atoms with Gasteiger partial charge in [-0.2, -0.15) is 237 Å². The molecule has 0 aliphatic carbocycles. The van der Waals surface area contributed by atoms with E-state index in [1.165, 1.54) is 0 Å². The number of hydrogen-bond acceptors (Lipinski definition) is 6. The third-order valence-electron chi connectivity index (χ3n) is 7.71. The predicted octanol–water partition coefficient (Wildman–Crippen LogP) is 11.7. The van der Waals surface area contributed by atoms with Gasteiger partial charge in [-0.15, -0.1) is 0 Å². The Morgan fingerprint density at radius 1 is 0.167 bits per heavy atom. The van der Waals surface area contributed by atoms with Crippen molar-refractivity contribution in [3.63, 3.8) is 0 Å². The number of halogens is 61. The maximum Gasteiger partial charge on any atom is 3.00 e. The smallest absolute Gasteiger partial charge is 1.00 e. The summed E-state index contributed by atoms with van der Waals surface area (Å²) in [5, 5.41) is 58.7. The summed E-state index contributed by atoms with van der Waals surface area (Å²) in [6.07, 6.45) is -126. The molecule has 0 saturated carbocycles. The molecule has 0 bridgehead atoms. The van der Waals surface area contributed by atoms with E-state index in [1.807, 2.05) is 0 Å². The van der Waals surface area contributed by atoms with Gasteiger partial charge in [0.15, 0.2) is 33.6 Å².